The number of hydrogen-bond acceptors (Lipinski definition) is 7. The van der Waals surface area contributed by atoms with E-state index < -0.39 is 40.7 Å². The Morgan fingerprint density at radius 3 is 2.72 bits per heavy atom. The molecule has 0 radical (unpaired) electrons. The molecule has 0 saturated carbocycles. The van der Waals surface area contributed by atoms with Gasteiger partial charge in [-0.25, -0.2) is 31.6 Å². The Hall–Kier alpha value is -3.66. The number of fused-ring (bicyclic) bond motifs is 2. The van der Waals surface area contributed by atoms with E-state index in [0.29, 0.717) is 11.0 Å². The van der Waals surface area contributed by atoms with Gasteiger partial charge in [-0.1, -0.05) is 0 Å². The van der Waals surface area contributed by atoms with Crippen molar-refractivity contribution in [1.29, 1.82) is 0 Å². The van der Waals surface area contributed by atoms with E-state index in [9.17, 15) is 26.0 Å². The van der Waals surface area contributed by atoms with E-state index in [1.165, 1.54) is 24.1 Å². The second kappa shape index (κ2) is 8.77. The first-order valence-corrected chi connectivity index (χ1v) is 12.4. The fourth-order valence-corrected chi connectivity index (χ4v) is 4.99. The van der Waals surface area contributed by atoms with Gasteiger partial charge in [0, 0.05) is 30.4 Å². The van der Waals surface area contributed by atoms with Gasteiger partial charge in [-0.05, 0) is 12.1 Å². The van der Waals surface area contributed by atoms with E-state index in [1.807, 2.05) is 0 Å². The summed E-state index contributed by atoms with van der Waals surface area (Å²) in [6.45, 7) is -3.38. The molecular formula is C20H19F4N7O4S. The molecular weight excluding hydrogens is 510 g/mol. The minimum atomic E-state index is -3.59. The number of sulfonamides is 1. The van der Waals surface area contributed by atoms with E-state index in [4.69, 9.17) is 4.74 Å². The maximum absolute atomic E-state index is 14.2. The van der Waals surface area contributed by atoms with Crippen LogP contribution in [0.1, 0.15) is 12.1 Å². The topological polar surface area (TPSA) is 129 Å². The first kappa shape index (κ1) is 24.1. The maximum atomic E-state index is 14.2. The third kappa shape index (κ3) is 4.37. The maximum Gasteiger partial charge on any atom is 0.388 e. The van der Waals surface area contributed by atoms with Crippen LogP contribution >= 0.6 is 0 Å². The van der Waals surface area contributed by atoms with Gasteiger partial charge in [0.1, 0.15) is 17.9 Å². The Labute approximate surface area is 201 Å². The van der Waals surface area contributed by atoms with Crippen LogP contribution in [0.25, 0.3) is 33.4 Å². The fraction of sp³-hybridized carbons (Fsp3) is 0.350. The molecule has 0 aliphatic carbocycles. The Kier molecular flexibility index (Phi) is 5.86. The Balaban J connectivity index is 1.73. The van der Waals surface area contributed by atoms with Gasteiger partial charge >= 0.3 is 6.61 Å². The van der Waals surface area contributed by atoms with Crippen molar-refractivity contribution < 1.29 is 35.5 Å². The molecule has 5 rings (SSSR count). The van der Waals surface area contributed by atoms with Crippen molar-refractivity contribution >= 4 is 21.1 Å². The number of nitrogens with one attached hydrogen (secondary N) is 2. The van der Waals surface area contributed by atoms with E-state index >= 15 is 0 Å². The summed E-state index contributed by atoms with van der Waals surface area (Å²) in [4.78, 5) is 7.21. The molecule has 0 saturated heterocycles. The third-order valence-corrected chi connectivity index (χ3v) is 6.18. The fourth-order valence-electron chi connectivity index (χ4n) is 4.24. The van der Waals surface area contributed by atoms with Crippen molar-refractivity contribution in [2.75, 3.05) is 12.9 Å². The van der Waals surface area contributed by atoms with Crippen LogP contribution in [-0.2, 0) is 23.6 Å². The molecule has 36 heavy (non-hydrogen) atoms. The molecule has 1 atom stereocenters. The number of halogens is 4. The van der Waals surface area contributed by atoms with Gasteiger partial charge in [0.25, 0.3) is 6.43 Å². The number of aryl methyl sites for hydroxylation is 1. The minimum Gasteiger partial charge on any atom is -0.476 e. The average molecular weight is 529 g/mol. The molecule has 1 aliphatic rings. The third-order valence-electron chi connectivity index (χ3n) is 5.42. The molecule has 0 unspecified atom stereocenters. The molecule has 4 aromatic rings. The van der Waals surface area contributed by atoms with Gasteiger partial charge in [-0.3, -0.25) is 4.68 Å². The number of pyridine rings is 1. The number of nitrogens with zero attached hydrogens (tertiary/aromatic N) is 5. The zero-order chi connectivity index (χ0) is 25.8. The van der Waals surface area contributed by atoms with Crippen LogP contribution in [-0.4, -0.2) is 63.5 Å². The summed E-state index contributed by atoms with van der Waals surface area (Å²) in [6, 6.07) is 2.51. The van der Waals surface area contributed by atoms with Crippen molar-refractivity contribution in [3.8, 4) is 34.1 Å². The van der Waals surface area contributed by atoms with Gasteiger partial charge in [-0.15, -0.1) is 5.10 Å². The summed E-state index contributed by atoms with van der Waals surface area (Å²) in [5.41, 5.74) is -0.0244. The van der Waals surface area contributed by atoms with Gasteiger partial charge in [-0.2, -0.15) is 13.9 Å². The molecule has 1 aliphatic heterocycles. The minimum absolute atomic E-state index is 0.0372. The summed E-state index contributed by atoms with van der Waals surface area (Å²) in [6.07, 6.45) is 0.826. The molecule has 2 N–H and O–H groups in total. The smallest absolute Gasteiger partial charge is 0.388 e. The molecule has 11 nitrogen and oxygen atoms in total. The van der Waals surface area contributed by atoms with E-state index in [0.717, 1.165) is 10.9 Å². The number of alkyl halides is 4. The number of rotatable bonds is 7. The normalized spacial score (nSPS) is 16.1. The predicted octanol–water partition coefficient (Wildman–Crippen LogP) is 2.68. The zero-order valence-electron chi connectivity index (χ0n) is 18.7. The highest BCUT2D eigenvalue weighted by atomic mass is 32.2. The highest BCUT2D eigenvalue weighted by molar-refractivity contribution is 7.88. The Morgan fingerprint density at radius 1 is 1.25 bits per heavy atom. The molecule has 0 bridgehead atoms. The van der Waals surface area contributed by atoms with Crippen molar-refractivity contribution in [1.82, 2.24) is 34.3 Å². The number of H-pyrrole nitrogens is 1. The molecule has 16 heteroatoms. The van der Waals surface area contributed by atoms with Gasteiger partial charge in [0.05, 0.1) is 35.7 Å². The summed E-state index contributed by atoms with van der Waals surface area (Å²) in [5.74, 6) is -0.443. The van der Waals surface area contributed by atoms with Gasteiger partial charge < -0.3 is 14.5 Å². The first-order chi connectivity index (χ1) is 17.0. The van der Waals surface area contributed by atoms with Crippen LogP contribution < -0.4 is 14.2 Å². The highest BCUT2D eigenvalue weighted by Crippen LogP contribution is 2.47. The van der Waals surface area contributed by atoms with E-state index in [1.54, 1.807) is 12.1 Å². The van der Waals surface area contributed by atoms with Crippen molar-refractivity contribution in [2.24, 2.45) is 7.05 Å². The molecule has 5 heterocycles. The average Bonchev–Trinajstić information content (AvgIpc) is 3.44. The lowest BCUT2D eigenvalue weighted by molar-refractivity contribution is -0.0527. The molecule has 0 aromatic carbocycles. The molecule has 0 amide bonds. The van der Waals surface area contributed by atoms with Crippen LogP contribution in [0.4, 0.5) is 17.6 Å². The van der Waals surface area contributed by atoms with Gasteiger partial charge in [0.2, 0.25) is 21.8 Å². The quantitative estimate of drug-likeness (QED) is 0.352. The standard InChI is InChI=1S/C20H19F4N7O4S/c1-30-7-11(18(28-30)35-20(23)24)12-10-4-3-5-25-17(10)26-14(12)13-15(16(21)22)27-31-6-9(8-34-19(13)31)29-36(2,32)33/h3-5,7,9,16,20,29H,6,8H2,1-2H3,(H,25,26)/t9-/m0/s1. The Morgan fingerprint density at radius 2 is 2.03 bits per heavy atom. The van der Waals surface area contributed by atoms with Crippen LogP contribution in [0.2, 0.25) is 0 Å². The number of aromatic nitrogens is 6. The van der Waals surface area contributed by atoms with Crippen LogP contribution in [0.5, 0.6) is 11.8 Å². The lowest BCUT2D eigenvalue weighted by atomic mass is 10.0. The summed E-state index contributed by atoms with van der Waals surface area (Å²) in [7, 11) is -2.09. The zero-order valence-corrected chi connectivity index (χ0v) is 19.6. The summed E-state index contributed by atoms with van der Waals surface area (Å²) in [5, 5.41) is 8.36. The number of aromatic amines is 1. The summed E-state index contributed by atoms with van der Waals surface area (Å²) < 4.78 is 93.0. The second-order valence-corrected chi connectivity index (χ2v) is 9.90. The SMILES string of the molecule is Cn1cc(-c2c(-c3c(C(F)F)nn4c3OC[C@@H](NS(C)(=O)=O)C4)[nH]c3ncccc23)c(OC(F)F)n1. The molecule has 4 aromatic heterocycles. The second-order valence-electron chi connectivity index (χ2n) is 8.12. The van der Waals surface area contributed by atoms with Crippen LogP contribution in [0.15, 0.2) is 24.5 Å². The van der Waals surface area contributed by atoms with Crippen molar-refractivity contribution in [3.63, 3.8) is 0 Å². The lowest BCUT2D eigenvalue weighted by Gasteiger charge is -2.24. The van der Waals surface area contributed by atoms with E-state index in [2.05, 4.69) is 29.6 Å². The largest absolute Gasteiger partial charge is 0.476 e. The Bertz CT molecular complexity index is 1550. The van der Waals surface area contributed by atoms with Crippen LogP contribution in [0, 0.1) is 0 Å². The predicted molar refractivity (Wildman–Crippen MR) is 118 cm³/mol. The van der Waals surface area contributed by atoms with Crippen molar-refractivity contribution in [2.45, 2.75) is 25.6 Å². The molecule has 0 fully saturated rings. The number of hydrogen-bond donors (Lipinski definition) is 2. The molecule has 192 valence electrons. The summed E-state index contributed by atoms with van der Waals surface area (Å²) >= 11 is 0. The molecule has 0 spiro atoms. The monoisotopic (exact) mass is 529 g/mol. The first-order valence-electron chi connectivity index (χ1n) is 10.5. The van der Waals surface area contributed by atoms with Crippen LogP contribution in [0.3, 0.4) is 0 Å². The van der Waals surface area contributed by atoms with Gasteiger partial charge in [0.15, 0.2) is 0 Å². The van der Waals surface area contributed by atoms with E-state index in [-0.39, 0.29) is 41.4 Å². The van der Waals surface area contributed by atoms with Crippen molar-refractivity contribution in [3.05, 3.63) is 30.2 Å². The highest BCUT2D eigenvalue weighted by Gasteiger charge is 2.35. The number of ether oxygens (including phenoxy) is 2. The lowest BCUT2D eigenvalue weighted by Crippen LogP contribution is -2.44.